The third kappa shape index (κ3) is 4.29. The highest BCUT2D eigenvalue weighted by Gasteiger charge is 2.24. The summed E-state index contributed by atoms with van der Waals surface area (Å²) in [5, 5.41) is 2.58. The molecule has 0 bridgehead atoms. The number of halogens is 3. The predicted molar refractivity (Wildman–Crippen MR) is 138 cm³/mol. The molecular weight excluding hydrogens is 511 g/mol. The number of ether oxygens (including phenoxy) is 2. The zero-order valence-corrected chi connectivity index (χ0v) is 21.1. The first kappa shape index (κ1) is 23.7. The van der Waals surface area contributed by atoms with Gasteiger partial charge in [0.25, 0.3) is 0 Å². The molecule has 7 nitrogen and oxygen atoms in total. The number of methoxy groups -OCH3 is 1. The van der Waals surface area contributed by atoms with E-state index in [1.807, 2.05) is 29.0 Å². The van der Waals surface area contributed by atoms with Crippen LogP contribution in [0.1, 0.15) is 12.8 Å². The lowest BCUT2D eigenvalue weighted by atomic mass is 10.1. The van der Waals surface area contributed by atoms with Gasteiger partial charge in [0.2, 0.25) is 5.91 Å². The van der Waals surface area contributed by atoms with Crippen molar-refractivity contribution in [2.45, 2.75) is 18.9 Å². The van der Waals surface area contributed by atoms with Crippen molar-refractivity contribution in [1.82, 2.24) is 19.4 Å². The molecule has 2 aromatic carbocycles. The molecule has 1 saturated heterocycles. The Bertz CT molecular complexity index is 1460. The first-order valence-corrected chi connectivity index (χ1v) is 12.1. The van der Waals surface area contributed by atoms with Gasteiger partial charge in [0.15, 0.2) is 11.5 Å². The van der Waals surface area contributed by atoms with Gasteiger partial charge in [0, 0.05) is 49.0 Å². The Balaban J connectivity index is 1.55. The van der Waals surface area contributed by atoms with Crippen molar-refractivity contribution in [3.8, 4) is 17.3 Å². The van der Waals surface area contributed by atoms with Gasteiger partial charge in [-0.25, -0.2) is 9.97 Å². The third-order valence-corrected chi connectivity index (χ3v) is 7.45. The number of nitrogens with zero attached hydrogens (tertiary/aromatic N) is 4. The van der Waals surface area contributed by atoms with Crippen molar-refractivity contribution in [3.63, 3.8) is 0 Å². The second-order valence-electron chi connectivity index (χ2n) is 8.17. The number of carbonyl (C=O) groups is 1. The Hall–Kier alpha value is -3.00. The normalized spacial score (nSPS) is 14.5. The average molecular weight is 532 g/mol. The standard InChI is InChI=1S/C25H21Cl3N4O3/c1-3-22(33)31-7-4-14(5-8-31)35-21-10-16-18(12-20(21)34-2)29-13-30-25(16)32-9-6-15-19(32)11-17(26)24(28)23(15)27/h3,6,9-14H,1,4-5,7-8H2,2H3. The molecule has 1 amide bonds. The molecule has 0 unspecified atom stereocenters. The molecule has 3 heterocycles. The molecule has 0 atom stereocenters. The van der Waals surface area contributed by atoms with E-state index in [9.17, 15) is 4.79 Å². The van der Waals surface area contributed by atoms with E-state index in [0.29, 0.717) is 63.8 Å². The molecule has 1 fully saturated rings. The summed E-state index contributed by atoms with van der Waals surface area (Å²) >= 11 is 19.0. The Kier molecular flexibility index (Phi) is 6.49. The minimum absolute atomic E-state index is 0.0598. The predicted octanol–water partition coefficient (Wildman–Crippen LogP) is 6.10. The second kappa shape index (κ2) is 9.57. The number of aromatic nitrogens is 3. The number of carbonyl (C=O) groups excluding carboxylic acids is 1. The van der Waals surface area contributed by atoms with Crippen LogP contribution in [0, 0.1) is 0 Å². The van der Waals surface area contributed by atoms with Crippen LogP contribution < -0.4 is 9.47 Å². The maximum absolute atomic E-state index is 11.9. The molecule has 0 spiro atoms. The molecule has 0 N–H and O–H groups in total. The SMILES string of the molecule is C=CC(=O)N1CCC(Oc2cc3c(-n4ccc5c(Cl)c(Cl)c(Cl)cc54)ncnc3cc2OC)CC1. The van der Waals surface area contributed by atoms with Gasteiger partial charge in [-0.2, -0.15) is 0 Å². The van der Waals surface area contributed by atoms with E-state index in [-0.39, 0.29) is 12.0 Å². The summed E-state index contributed by atoms with van der Waals surface area (Å²) in [7, 11) is 1.59. The molecule has 4 aromatic rings. The fourth-order valence-electron chi connectivity index (χ4n) is 4.37. The lowest BCUT2D eigenvalue weighted by Gasteiger charge is -2.31. The quantitative estimate of drug-likeness (QED) is 0.230. The second-order valence-corrected chi connectivity index (χ2v) is 9.33. The number of benzene rings is 2. The first-order chi connectivity index (χ1) is 16.9. The van der Waals surface area contributed by atoms with Gasteiger partial charge in [-0.3, -0.25) is 4.79 Å². The number of hydrogen-bond acceptors (Lipinski definition) is 5. The van der Waals surface area contributed by atoms with E-state index in [4.69, 9.17) is 44.3 Å². The number of amides is 1. The van der Waals surface area contributed by atoms with Crippen LogP contribution in [0.15, 0.2) is 49.4 Å². The summed E-state index contributed by atoms with van der Waals surface area (Å²) in [5.41, 5.74) is 1.46. The molecule has 35 heavy (non-hydrogen) atoms. The summed E-state index contributed by atoms with van der Waals surface area (Å²) in [6.45, 7) is 4.78. The van der Waals surface area contributed by atoms with Crippen LogP contribution in [-0.4, -0.2) is 51.6 Å². The minimum Gasteiger partial charge on any atom is -0.493 e. The van der Waals surface area contributed by atoms with Crippen molar-refractivity contribution >= 4 is 62.5 Å². The average Bonchev–Trinajstić information content (AvgIpc) is 3.30. The largest absolute Gasteiger partial charge is 0.493 e. The Labute approximate surface area is 216 Å². The first-order valence-electron chi connectivity index (χ1n) is 11.0. The summed E-state index contributed by atoms with van der Waals surface area (Å²) in [6.07, 6.45) is 6.05. The van der Waals surface area contributed by atoms with Gasteiger partial charge in [-0.05, 0) is 24.3 Å². The number of hydrogen-bond donors (Lipinski definition) is 0. The fourth-order valence-corrected chi connectivity index (χ4v) is 5.03. The Morgan fingerprint density at radius 2 is 1.86 bits per heavy atom. The molecule has 1 aliphatic rings. The highest BCUT2D eigenvalue weighted by atomic mass is 35.5. The van der Waals surface area contributed by atoms with Crippen LogP contribution in [0.5, 0.6) is 11.5 Å². The minimum atomic E-state index is -0.0611. The smallest absolute Gasteiger partial charge is 0.245 e. The van der Waals surface area contributed by atoms with Crippen LogP contribution in [0.4, 0.5) is 0 Å². The highest BCUT2D eigenvalue weighted by molar-refractivity contribution is 6.50. The van der Waals surface area contributed by atoms with Crippen LogP contribution in [0.3, 0.4) is 0 Å². The molecule has 180 valence electrons. The molecule has 0 radical (unpaired) electrons. The zero-order valence-electron chi connectivity index (χ0n) is 18.8. The molecule has 10 heteroatoms. The number of rotatable bonds is 5. The van der Waals surface area contributed by atoms with Crippen molar-refractivity contribution in [1.29, 1.82) is 0 Å². The Morgan fingerprint density at radius 3 is 2.57 bits per heavy atom. The highest BCUT2D eigenvalue weighted by Crippen LogP contribution is 2.40. The summed E-state index contributed by atoms with van der Waals surface area (Å²) < 4.78 is 13.8. The van der Waals surface area contributed by atoms with Gasteiger partial charge in [0.1, 0.15) is 18.2 Å². The van der Waals surface area contributed by atoms with Crippen LogP contribution >= 0.6 is 34.8 Å². The molecule has 0 aliphatic carbocycles. The molecular formula is C25H21Cl3N4O3. The maximum atomic E-state index is 11.9. The van der Waals surface area contributed by atoms with Crippen molar-refractivity contribution < 1.29 is 14.3 Å². The van der Waals surface area contributed by atoms with Crippen molar-refractivity contribution in [3.05, 3.63) is 64.5 Å². The van der Waals surface area contributed by atoms with E-state index in [1.54, 1.807) is 18.1 Å². The van der Waals surface area contributed by atoms with E-state index in [2.05, 4.69) is 16.5 Å². The van der Waals surface area contributed by atoms with Crippen molar-refractivity contribution in [2.24, 2.45) is 0 Å². The molecule has 5 rings (SSSR count). The molecule has 0 saturated carbocycles. The van der Waals surface area contributed by atoms with Crippen molar-refractivity contribution in [2.75, 3.05) is 20.2 Å². The summed E-state index contributed by atoms with van der Waals surface area (Å²) in [6, 6.07) is 7.34. The van der Waals surface area contributed by atoms with Gasteiger partial charge in [-0.15, -0.1) is 0 Å². The van der Waals surface area contributed by atoms with Gasteiger partial charge >= 0.3 is 0 Å². The lowest BCUT2D eigenvalue weighted by molar-refractivity contribution is -0.127. The number of fused-ring (bicyclic) bond motifs is 2. The van der Waals surface area contributed by atoms with Crippen LogP contribution in [0.25, 0.3) is 27.6 Å². The monoisotopic (exact) mass is 530 g/mol. The van der Waals surface area contributed by atoms with Crippen LogP contribution in [-0.2, 0) is 4.79 Å². The fraction of sp³-hybridized carbons (Fsp3) is 0.240. The summed E-state index contributed by atoms with van der Waals surface area (Å²) in [4.78, 5) is 22.6. The number of piperidine rings is 1. The van der Waals surface area contributed by atoms with E-state index in [1.165, 1.54) is 12.4 Å². The third-order valence-electron chi connectivity index (χ3n) is 6.18. The molecule has 2 aromatic heterocycles. The maximum Gasteiger partial charge on any atom is 0.245 e. The van der Waals surface area contributed by atoms with Gasteiger partial charge in [-0.1, -0.05) is 41.4 Å². The number of likely N-dealkylation sites (tertiary alicyclic amines) is 1. The van der Waals surface area contributed by atoms with Gasteiger partial charge in [0.05, 0.1) is 33.2 Å². The molecule has 1 aliphatic heterocycles. The summed E-state index contributed by atoms with van der Waals surface area (Å²) in [5.74, 6) is 1.73. The topological polar surface area (TPSA) is 69.5 Å². The van der Waals surface area contributed by atoms with E-state index in [0.717, 1.165) is 16.3 Å². The Morgan fingerprint density at radius 1 is 1.09 bits per heavy atom. The lowest BCUT2D eigenvalue weighted by Crippen LogP contribution is -2.41. The zero-order chi connectivity index (χ0) is 24.7. The van der Waals surface area contributed by atoms with Crippen LogP contribution in [0.2, 0.25) is 15.1 Å². The van der Waals surface area contributed by atoms with Gasteiger partial charge < -0.3 is 18.9 Å². The van der Waals surface area contributed by atoms with E-state index >= 15 is 0 Å². The van der Waals surface area contributed by atoms with E-state index < -0.39 is 0 Å².